The third-order valence-electron chi connectivity index (χ3n) is 5.59. The molecular weight excluding hydrogens is 404 g/mol. The van der Waals surface area contributed by atoms with Gasteiger partial charge in [0.05, 0.1) is 16.6 Å². The maximum Gasteiger partial charge on any atom is 0.296 e. The first-order valence-corrected chi connectivity index (χ1v) is 10.6. The highest BCUT2D eigenvalue weighted by molar-refractivity contribution is 7.86. The molecule has 2 heterocycles. The molecule has 5 aromatic rings. The first kappa shape index (κ1) is 18.5. The van der Waals surface area contributed by atoms with Gasteiger partial charge in [-0.15, -0.1) is 0 Å². The fourth-order valence-corrected chi connectivity index (χ4v) is 5.16. The molecule has 2 aromatic heterocycles. The summed E-state index contributed by atoms with van der Waals surface area (Å²) in [6, 6.07) is 13.4. The van der Waals surface area contributed by atoms with E-state index < -0.39 is 10.1 Å². The Bertz CT molecular complexity index is 1780. The van der Waals surface area contributed by atoms with Gasteiger partial charge in [0.15, 0.2) is 10.9 Å². The van der Waals surface area contributed by atoms with E-state index in [9.17, 15) is 22.6 Å². The number of pyridine rings is 2. The number of H-pyrrole nitrogens is 1. The van der Waals surface area contributed by atoms with Crippen molar-refractivity contribution in [3.05, 3.63) is 74.5 Å². The summed E-state index contributed by atoms with van der Waals surface area (Å²) < 4.78 is 35.5. The molecule has 2 N–H and O–H groups in total. The van der Waals surface area contributed by atoms with Crippen molar-refractivity contribution in [3.8, 4) is 0 Å². The summed E-state index contributed by atoms with van der Waals surface area (Å²) in [4.78, 5) is 29.2. The lowest BCUT2D eigenvalue weighted by molar-refractivity contribution is 0.483. The normalized spacial score (nSPS) is 12.4. The van der Waals surface area contributed by atoms with Gasteiger partial charge in [0.1, 0.15) is 4.90 Å². The van der Waals surface area contributed by atoms with E-state index in [1.54, 1.807) is 50.4 Å². The molecule has 0 radical (unpaired) electrons. The zero-order valence-electron chi connectivity index (χ0n) is 16.1. The lowest BCUT2D eigenvalue weighted by Gasteiger charge is -2.15. The topological polar surface area (TPSA) is 109 Å². The quantitative estimate of drug-likeness (QED) is 0.320. The van der Waals surface area contributed by atoms with Crippen molar-refractivity contribution in [2.45, 2.75) is 11.8 Å². The van der Waals surface area contributed by atoms with E-state index in [0.29, 0.717) is 38.3 Å². The van der Waals surface area contributed by atoms with Crippen molar-refractivity contribution in [2.24, 2.45) is 7.05 Å². The molecule has 30 heavy (non-hydrogen) atoms. The Morgan fingerprint density at radius 2 is 1.57 bits per heavy atom. The van der Waals surface area contributed by atoms with Gasteiger partial charge in [-0.2, -0.15) is 8.42 Å². The van der Waals surface area contributed by atoms with Crippen LogP contribution in [0.15, 0.2) is 63.0 Å². The summed E-state index contributed by atoms with van der Waals surface area (Å²) in [5.74, 6) is 0. The van der Waals surface area contributed by atoms with Crippen LogP contribution in [0.25, 0.3) is 43.6 Å². The van der Waals surface area contributed by atoms with Gasteiger partial charge in [0.25, 0.3) is 10.1 Å². The number of benzene rings is 3. The Morgan fingerprint density at radius 3 is 2.30 bits per heavy atom. The second kappa shape index (κ2) is 6.01. The number of rotatable bonds is 1. The average Bonchev–Trinajstić information content (AvgIpc) is 2.70. The zero-order valence-corrected chi connectivity index (χ0v) is 16.9. The molecular formula is C22H16N2O5S. The SMILES string of the molecule is Cc1ccc2c(=O)c3cc4[nH]c5ccccc5c(=O)c4cc3n(C)c2c1S(=O)(=O)O. The number of hydrogen-bond acceptors (Lipinski definition) is 4. The van der Waals surface area contributed by atoms with Crippen molar-refractivity contribution in [2.75, 3.05) is 0 Å². The smallest absolute Gasteiger partial charge is 0.296 e. The second-order valence-corrected chi connectivity index (χ2v) is 8.74. The summed E-state index contributed by atoms with van der Waals surface area (Å²) in [7, 11) is -2.96. The highest BCUT2D eigenvalue weighted by Gasteiger charge is 2.22. The van der Waals surface area contributed by atoms with Crippen LogP contribution in [-0.2, 0) is 17.2 Å². The van der Waals surface area contributed by atoms with Crippen LogP contribution >= 0.6 is 0 Å². The monoisotopic (exact) mass is 420 g/mol. The summed E-state index contributed by atoms with van der Waals surface area (Å²) in [5, 5.41) is 1.42. The molecule has 0 aliphatic rings. The Hall–Kier alpha value is -3.49. The van der Waals surface area contributed by atoms with Gasteiger partial charge >= 0.3 is 0 Å². The van der Waals surface area contributed by atoms with Gasteiger partial charge < -0.3 is 9.55 Å². The third-order valence-corrected chi connectivity index (χ3v) is 6.63. The number of aromatic nitrogens is 2. The molecule has 8 heteroatoms. The molecule has 0 atom stereocenters. The minimum absolute atomic E-state index is 0.103. The highest BCUT2D eigenvalue weighted by Crippen LogP contribution is 2.29. The minimum atomic E-state index is -4.58. The Kier molecular flexibility index (Phi) is 3.71. The van der Waals surface area contributed by atoms with Gasteiger partial charge in [-0.3, -0.25) is 14.1 Å². The van der Waals surface area contributed by atoms with Crippen LogP contribution in [0.5, 0.6) is 0 Å². The van der Waals surface area contributed by atoms with Crippen molar-refractivity contribution >= 4 is 53.7 Å². The molecule has 3 aromatic carbocycles. The number of aromatic amines is 1. The number of nitrogens with one attached hydrogen (secondary N) is 1. The van der Waals surface area contributed by atoms with Crippen LogP contribution in [0.4, 0.5) is 0 Å². The molecule has 7 nitrogen and oxygen atoms in total. The molecule has 0 aliphatic carbocycles. The largest absolute Gasteiger partial charge is 0.354 e. The van der Waals surface area contributed by atoms with Gasteiger partial charge in [-0.1, -0.05) is 18.2 Å². The molecule has 0 amide bonds. The number of fused-ring (bicyclic) bond motifs is 4. The van der Waals surface area contributed by atoms with Crippen molar-refractivity contribution in [3.63, 3.8) is 0 Å². The van der Waals surface area contributed by atoms with Crippen LogP contribution in [0.3, 0.4) is 0 Å². The van der Waals surface area contributed by atoms with E-state index in [-0.39, 0.29) is 26.7 Å². The van der Waals surface area contributed by atoms with E-state index in [1.807, 2.05) is 6.07 Å². The molecule has 0 spiro atoms. The number of hydrogen-bond donors (Lipinski definition) is 2. The molecule has 0 fully saturated rings. The Balaban J connectivity index is 2.08. The van der Waals surface area contributed by atoms with Crippen molar-refractivity contribution in [1.29, 1.82) is 0 Å². The fraction of sp³-hybridized carbons (Fsp3) is 0.0909. The summed E-state index contributed by atoms with van der Waals surface area (Å²) in [5.41, 5.74) is 1.44. The Morgan fingerprint density at radius 1 is 0.867 bits per heavy atom. The summed E-state index contributed by atoms with van der Waals surface area (Å²) in [6.45, 7) is 1.55. The van der Waals surface area contributed by atoms with E-state index in [1.165, 1.54) is 10.6 Å². The van der Waals surface area contributed by atoms with E-state index in [4.69, 9.17) is 0 Å². The fourth-order valence-electron chi connectivity index (χ4n) is 4.20. The maximum atomic E-state index is 13.2. The van der Waals surface area contributed by atoms with Crippen molar-refractivity contribution < 1.29 is 13.0 Å². The van der Waals surface area contributed by atoms with Crippen molar-refractivity contribution in [1.82, 2.24) is 9.55 Å². The standard InChI is InChI=1S/C22H16N2O5S/c1-11-7-8-13-19(22(11)30(27,28)29)24(2)18-10-14-17(9-15(18)21(13)26)23-16-6-4-3-5-12(16)20(14)25/h3-10H,1-2H3,(H,23,25)(H,27,28,29). The average molecular weight is 420 g/mol. The van der Waals surface area contributed by atoms with Crippen LogP contribution < -0.4 is 10.9 Å². The Labute approximate surface area is 169 Å². The lowest BCUT2D eigenvalue weighted by Crippen LogP contribution is -2.14. The summed E-state index contributed by atoms with van der Waals surface area (Å²) >= 11 is 0. The molecule has 5 rings (SSSR count). The molecule has 0 saturated heterocycles. The predicted molar refractivity (Wildman–Crippen MR) is 117 cm³/mol. The van der Waals surface area contributed by atoms with Gasteiger partial charge in [-0.05, 0) is 42.8 Å². The minimum Gasteiger partial charge on any atom is -0.354 e. The van der Waals surface area contributed by atoms with E-state index >= 15 is 0 Å². The van der Waals surface area contributed by atoms with E-state index in [0.717, 1.165) is 0 Å². The third kappa shape index (κ3) is 2.44. The van der Waals surface area contributed by atoms with Gasteiger partial charge in [0, 0.05) is 34.1 Å². The van der Waals surface area contributed by atoms with Gasteiger partial charge in [0.2, 0.25) is 0 Å². The molecule has 0 bridgehead atoms. The van der Waals surface area contributed by atoms with E-state index in [2.05, 4.69) is 4.98 Å². The highest BCUT2D eigenvalue weighted by atomic mass is 32.2. The van der Waals surface area contributed by atoms with Gasteiger partial charge in [-0.25, -0.2) is 0 Å². The number of aryl methyl sites for hydroxylation is 2. The predicted octanol–water partition coefficient (Wildman–Crippen LogP) is 3.24. The van der Waals surface area contributed by atoms with Crippen LogP contribution in [0.1, 0.15) is 5.56 Å². The molecule has 0 saturated carbocycles. The molecule has 150 valence electrons. The zero-order chi connectivity index (χ0) is 21.4. The van der Waals surface area contributed by atoms with Crippen LogP contribution in [-0.4, -0.2) is 22.5 Å². The lowest BCUT2D eigenvalue weighted by atomic mass is 10.0. The molecule has 0 aliphatic heterocycles. The van der Waals surface area contributed by atoms with Crippen LogP contribution in [0.2, 0.25) is 0 Å². The first-order chi connectivity index (χ1) is 14.2. The second-order valence-electron chi connectivity index (χ2n) is 7.39. The molecule has 0 unspecified atom stereocenters. The summed E-state index contributed by atoms with van der Waals surface area (Å²) in [6.07, 6.45) is 0. The number of para-hydroxylation sites is 1. The van der Waals surface area contributed by atoms with Crippen LogP contribution in [0, 0.1) is 6.92 Å². The maximum absolute atomic E-state index is 13.2. The first-order valence-electron chi connectivity index (χ1n) is 9.17. The number of nitrogens with zero attached hydrogens (tertiary/aromatic N) is 1.